The fraction of sp³-hybridized carbons (Fsp3) is 0.292. The zero-order valence-corrected chi connectivity index (χ0v) is 17.8. The number of fused-ring (bicyclic) bond motifs is 1. The summed E-state index contributed by atoms with van der Waals surface area (Å²) in [5.41, 5.74) is 3.97. The first-order valence-electron chi connectivity index (χ1n) is 10.2. The lowest BCUT2D eigenvalue weighted by atomic mass is 9.98. The van der Waals surface area contributed by atoms with Crippen molar-refractivity contribution in [2.24, 2.45) is 7.05 Å². The van der Waals surface area contributed by atoms with Gasteiger partial charge in [0.1, 0.15) is 5.75 Å². The SMILES string of the molecule is Cn1cccc1C(CNC(=O)COc1ccc(Cl)cc1)N1CCc2ccccc2C1. The van der Waals surface area contributed by atoms with Crippen molar-refractivity contribution in [2.45, 2.75) is 19.0 Å². The lowest BCUT2D eigenvalue weighted by molar-refractivity contribution is -0.123. The van der Waals surface area contributed by atoms with Crippen molar-refractivity contribution in [2.75, 3.05) is 19.7 Å². The zero-order chi connectivity index (χ0) is 20.9. The Morgan fingerprint density at radius 3 is 2.60 bits per heavy atom. The standard InChI is InChI=1S/C24H26ClN3O2/c1-27-13-4-7-22(27)23(28-14-12-18-5-2-3-6-19(18)16-28)15-26-24(29)17-30-21-10-8-20(25)9-11-21/h2-11,13,23H,12,14-17H2,1H3,(H,26,29). The summed E-state index contributed by atoms with van der Waals surface area (Å²) in [7, 11) is 2.05. The molecule has 0 saturated carbocycles. The minimum Gasteiger partial charge on any atom is -0.484 e. The highest BCUT2D eigenvalue weighted by Gasteiger charge is 2.26. The van der Waals surface area contributed by atoms with Gasteiger partial charge in [0.05, 0.1) is 6.04 Å². The molecule has 1 aromatic heterocycles. The van der Waals surface area contributed by atoms with Gasteiger partial charge in [0.2, 0.25) is 0 Å². The number of rotatable bonds is 7. The number of carbonyl (C=O) groups is 1. The number of aryl methyl sites for hydroxylation is 1. The van der Waals surface area contributed by atoms with Gasteiger partial charge in [0, 0.05) is 43.6 Å². The van der Waals surface area contributed by atoms with Crippen molar-refractivity contribution in [3.05, 3.63) is 88.7 Å². The van der Waals surface area contributed by atoms with Crippen LogP contribution in [0.15, 0.2) is 66.9 Å². The van der Waals surface area contributed by atoms with Gasteiger partial charge >= 0.3 is 0 Å². The molecule has 1 aliphatic heterocycles. The van der Waals surface area contributed by atoms with Crippen LogP contribution < -0.4 is 10.1 Å². The Morgan fingerprint density at radius 1 is 1.10 bits per heavy atom. The Balaban J connectivity index is 1.40. The number of carbonyl (C=O) groups excluding carboxylic acids is 1. The molecule has 1 unspecified atom stereocenters. The second kappa shape index (κ2) is 9.37. The van der Waals surface area contributed by atoms with Crippen molar-refractivity contribution >= 4 is 17.5 Å². The molecule has 1 atom stereocenters. The second-order valence-electron chi connectivity index (χ2n) is 7.60. The molecule has 156 valence electrons. The van der Waals surface area contributed by atoms with Crippen LogP contribution in [-0.4, -0.2) is 35.1 Å². The first-order valence-corrected chi connectivity index (χ1v) is 10.5. The van der Waals surface area contributed by atoms with E-state index in [1.165, 1.54) is 16.8 Å². The minimum atomic E-state index is -0.137. The molecular weight excluding hydrogens is 398 g/mol. The van der Waals surface area contributed by atoms with Gasteiger partial charge in [-0.15, -0.1) is 0 Å². The van der Waals surface area contributed by atoms with Crippen LogP contribution in [-0.2, 0) is 24.8 Å². The molecule has 0 saturated heterocycles. The van der Waals surface area contributed by atoms with Gasteiger partial charge in [-0.2, -0.15) is 0 Å². The van der Waals surface area contributed by atoms with Crippen molar-refractivity contribution < 1.29 is 9.53 Å². The number of hydrogen-bond donors (Lipinski definition) is 1. The molecule has 2 heterocycles. The Kier molecular flexibility index (Phi) is 6.41. The maximum atomic E-state index is 12.4. The van der Waals surface area contributed by atoms with Crippen molar-refractivity contribution in [1.29, 1.82) is 0 Å². The number of ether oxygens (including phenoxy) is 1. The van der Waals surface area contributed by atoms with Crippen molar-refractivity contribution in [3.63, 3.8) is 0 Å². The summed E-state index contributed by atoms with van der Waals surface area (Å²) in [4.78, 5) is 14.9. The second-order valence-corrected chi connectivity index (χ2v) is 8.03. The average molecular weight is 424 g/mol. The van der Waals surface area contributed by atoms with E-state index in [-0.39, 0.29) is 18.6 Å². The summed E-state index contributed by atoms with van der Waals surface area (Å²) >= 11 is 5.88. The highest BCUT2D eigenvalue weighted by atomic mass is 35.5. The summed E-state index contributed by atoms with van der Waals surface area (Å²) in [5.74, 6) is 0.489. The molecule has 5 nitrogen and oxygen atoms in total. The van der Waals surface area contributed by atoms with Crippen LogP contribution in [0.4, 0.5) is 0 Å². The lowest BCUT2D eigenvalue weighted by Gasteiger charge is -2.36. The summed E-state index contributed by atoms with van der Waals surface area (Å²) in [6.07, 6.45) is 3.07. The molecule has 1 amide bonds. The molecule has 0 spiro atoms. The van der Waals surface area contributed by atoms with E-state index in [4.69, 9.17) is 16.3 Å². The predicted molar refractivity (Wildman–Crippen MR) is 119 cm³/mol. The van der Waals surface area contributed by atoms with E-state index >= 15 is 0 Å². The summed E-state index contributed by atoms with van der Waals surface area (Å²) < 4.78 is 7.70. The van der Waals surface area contributed by atoms with Gasteiger partial charge in [-0.1, -0.05) is 35.9 Å². The Bertz CT molecular complexity index is 1000. The summed E-state index contributed by atoms with van der Waals surface area (Å²) in [5, 5.41) is 3.70. The van der Waals surface area contributed by atoms with Crippen LogP contribution in [0.3, 0.4) is 0 Å². The fourth-order valence-corrected chi connectivity index (χ4v) is 4.09. The molecule has 0 aliphatic carbocycles. The normalized spacial score (nSPS) is 14.7. The smallest absolute Gasteiger partial charge is 0.258 e. The number of halogens is 1. The minimum absolute atomic E-state index is 0.0235. The quantitative estimate of drug-likeness (QED) is 0.625. The maximum Gasteiger partial charge on any atom is 0.258 e. The zero-order valence-electron chi connectivity index (χ0n) is 17.1. The van der Waals surface area contributed by atoms with E-state index < -0.39 is 0 Å². The van der Waals surface area contributed by atoms with E-state index in [1.807, 2.05) is 19.3 Å². The Hall–Kier alpha value is -2.76. The first-order chi connectivity index (χ1) is 14.6. The molecule has 0 radical (unpaired) electrons. The van der Waals surface area contributed by atoms with Gasteiger partial charge in [-0.05, 0) is 53.9 Å². The van der Waals surface area contributed by atoms with Gasteiger partial charge in [0.25, 0.3) is 5.91 Å². The van der Waals surface area contributed by atoms with E-state index in [2.05, 4.69) is 45.1 Å². The summed E-state index contributed by atoms with van der Waals surface area (Å²) in [6.45, 7) is 2.35. The van der Waals surface area contributed by atoms with Crippen LogP contribution in [0, 0.1) is 0 Å². The lowest BCUT2D eigenvalue weighted by Crippen LogP contribution is -2.42. The number of hydrogen-bond acceptors (Lipinski definition) is 3. The van der Waals surface area contributed by atoms with E-state index in [9.17, 15) is 4.79 Å². The third kappa shape index (κ3) is 4.86. The van der Waals surface area contributed by atoms with Crippen LogP contribution in [0.25, 0.3) is 0 Å². The molecule has 0 bridgehead atoms. The molecule has 1 aliphatic rings. The molecule has 3 aromatic rings. The Morgan fingerprint density at radius 2 is 1.87 bits per heavy atom. The fourth-order valence-electron chi connectivity index (χ4n) is 3.97. The molecule has 30 heavy (non-hydrogen) atoms. The van der Waals surface area contributed by atoms with Crippen LogP contribution in [0.1, 0.15) is 22.9 Å². The van der Waals surface area contributed by atoms with Gasteiger partial charge in [-0.3, -0.25) is 9.69 Å². The monoisotopic (exact) mass is 423 g/mol. The maximum absolute atomic E-state index is 12.4. The summed E-state index contributed by atoms with van der Waals surface area (Å²) in [6, 6.07) is 19.9. The number of benzene rings is 2. The van der Waals surface area contributed by atoms with Crippen LogP contribution >= 0.6 is 11.6 Å². The van der Waals surface area contributed by atoms with Crippen molar-refractivity contribution in [1.82, 2.24) is 14.8 Å². The molecule has 4 rings (SSSR count). The van der Waals surface area contributed by atoms with Gasteiger partial charge in [0.15, 0.2) is 6.61 Å². The Labute approximate surface area is 182 Å². The number of amides is 1. The van der Waals surface area contributed by atoms with Gasteiger partial charge in [-0.25, -0.2) is 0 Å². The average Bonchev–Trinajstić information content (AvgIpc) is 3.19. The van der Waals surface area contributed by atoms with Crippen LogP contribution in [0.5, 0.6) is 5.75 Å². The number of nitrogens with zero attached hydrogens (tertiary/aromatic N) is 2. The largest absolute Gasteiger partial charge is 0.484 e. The van der Waals surface area contributed by atoms with E-state index in [0.717, 1.165) is 19.5 Å². The molecule has 0 fully saturated rings. The number of nitrogens with one attached hydrogen (secondary N) is 1. The third-order valence-corrected chi connectivity index (χ3v) is 5.85. The third-order valence-electron chi connectivity index (χ3n) is 5.60. The predicted octanol–water partition coefficient (Wildman–Crippen LogP) is 3.97. The van der Waals surface area contributed by atoms with E-state index in [1.54, 1.807) is 24.3 Å². The molecule has 2 aromatic carbocycles. The highest BCUT2D eigenvalue weighted by molar-refractivity contribution is 6.30. The highest BCUT2D eigenvalue weighted by Crippen LogP contribution is 2.27. The van der Waals surface area contributed by atoms with Gasteiger partial charge < -0.3 is 14.6 Å². The van der Waals surface area contributed by atoms with Crippen molar-refractivity contribution in [3.8, 4) is 5.75 Å². The topological polar surface area (TPSA) is 46.5 Å². The van der Waals surface area contributed by atoms with Crippen LogP contribution in [0.2, 0.25) is 5.02 Å². The first kappa shape index (κ1) is 20.5. The van der Waals surface area contributed by atoms with E-state index in [0.29, 0.717) is 17.3 Å². The molecule has 1 N–H and O–H groups in total. The molecular formula is C24H26ClN3O2. The number of aromatic nitrogens is 1. The molecule has 6 heteroatoms.